The molecule has 2 aromatic rings. The Hall–Kier alpha value is -2.18. The van der Waals surface area contributed by atoms with Gasteiger partial charge in [0.05, 0.1) is 18.4 Å². The molecule has 7 nitrogen and oxygen atoms in total. The highest BCUT2D eigenvalue weighted by Gasteiger charge is 2.28. The van der Waals surface area contributed by atoms with Crippen LogP contribution in [0.25, 0.3) is 0 Å². The first-order chi connectivity index (χ1) is 8.83. The van der Waals surface area contributed by atoms with E-state index in [1.165, 1.54) is 0 Å². The number of hydrogen-bond acceptors (Lipinski definition) is 4. The standard InChI is InChI=1S/C11H14N6O/c18-11(9-16-6-1-3-12-16)15-7-2-10(8-15)17-13-4-5-14-17/h1,3-6,10H,2,7-9H2. The van der Waals surface area contributed by atoms with Crippen molar-refractivity contribution >= 4 is 5.91 Å². The molecule has 18 heavy (non-hydrogen) atoms. The van der Waals surface area contributed by atoms with Gasteiger partial charge in [-0.05, 0) is 12.5 Å². The summed E-state index contributed by atoms with van der Waals surface area (Å²) in [5.74, 6) is 0.0911. The number of aromatic nitrogens is 5. The fourth-order valence-corrected chi connectivity index (χ4v) is 2.20. The zero-order valence-corrected chi connectivity index (χ0v) is 9.88. The molecule has 0 aromatic carbocycles. The molecule has 0 spiro atoms. The number of amides is 1. The second-order valence-electron chi connectivity index (χ2n) is 4.34. The van der Waals surface area contributed by atoms with E-state index in [9.17, 15) is 4.79 Å². The van der Waals surface area contributed by atoms with Gasteiger partial charge in [-0.15, -0.1) is 0 Å². The number of likely N-dealkylation sites (tertiary alicyclic amines) is 1. The third kappa shape index (κ3) is 2.11. The highest BCUT2D eigenvalue weighted by atomic mass is 16.2. The third-order valence-electron chi connectivity index (χ3n) is 3.14. The average Bonchev–Trinajstić information content (AvgIpc) is 3.11. The summed E-state index contributed by atoms with van der Waals surface area (Å²) in [6, 6.07) is 2.01. The van der Waals surface area contributed by atoms with Crippen LogP contribution in [-0.4, -0.2) is 48.7 Å². The molecule has 1 saturated heterocycles. The van der Waals surface area contributed by atoms with Gasteiger partial charge in [0.1, 0.15) is 6.54 Å². The zero-order valence-electron chi connectivity index (χ0n) is 9.88. The lowest BCUT2D eigenvalue weighted by atomic mass is 10.3. The Labute approximate surface area is 104 Å². The van der Waals surface area contributed by atoms with Crippen molar-refractivity contribution < 1.29 is 4.79 Å². The number of hydrogen-bond donors (Lipinski definition) is 0. The van der Waals surface area contributed by atoms with Crippen molar-refractivity contribution in [2.45, 2.75) is 19.0 Å². The largest absolute Gasteiger partial charge is 0.339 e. The Bertz CT molecular complexity index is 506. The molecule has 0 saturated carbocycles. The summed E-state index contributed by atoms with van der Waals surface area (Å²) in [6.45, 7) is 1.73. The molecule has 0 aliphatic carbocycles. The van der Waals surface area contributed by atoms with E-state index in [1.807, 2.05) is 11.0 Å². The van der Waals surface area contributed by atoms with Crippen LogP contribution in [0.4, 0.5) is 0 Å². The minimum absolute atomic E-state index is 0.0911. The number of carbonyl (C=O) groups excluding carboxylic acids is 1. The van der Waals surface area contributed by atoms with Crippen molar-refractivity contribution in [3.8, 4) is 0 Å². The Kier molecular flexibility index (Phi) is 2.79. The van der Waals surface area contributed by atoms with Crippen LogP contribution in [0.3, 0.4) is 0 Å². The van der Waals surface area contributed by atoms with Gasteiger partial charge in [0.2, 0.25) is 5.91 Å². The van der Waals surface area contributed by atoms with Crippen molar-refractivity contribution in [1.29, 1.82) is 0 Å². The van der Waals surface area contributed by atoms with Crippen LogP contribution in [0.1, 0.15) is 12.5 Å². The normalized spacial score (nSPS) is 19.3. The Morgan fingerprint density at radius 2 is 2.06 bits per heavy atom. The molecule has 7 heteroatoms. The van der Waals surface area contributed by atoms with Gasteiger partial charge in [0.25, 0.3) is 0 Å². The maximum absolute atomic E-state index is 12.0. The van der Waals surface area contributed by atoms with E-state index in [-0.39, 0.29) is 11.9 Å². The average molecular weight is 246 g/mol. The number of rotatable bonds is 3. The van der Waals surface area contributed by atoms with Gasteiger partial charge in [0.15, 0.2) is 0 Å². The van der Waals surface area contributed by atoms with E-state index in [0.717, 1.165) is 13.0 Å². The predicted molar refractivity (Wildman–Crippen MR) is 62.5 cm³/mol. The van der Waals surface area contributed by atoms with E-state index in [0.29, 0.717) is 13.1 Å². The molecule has 1 atom stereocenters. The van der Waals surface area contributed by atoms with Crippen LogP contribution in [0.5, 0.6) is 0 Å². The molecule has 3 rings (SSSR count). The van der Waals surface area contributed by atoms with Gasteiger partial charge in [-0.2, -0.15) is 20.1 Å². The van der Waals surface area contributed by atoms with Crippen molar-refractivity contribution in [1.82, 2.24) is 29.7 Å². The van der Waals surface area contributed by atoms with Crippen LogP contribution in [-0.2, 0) is 11.3 Å². The summed E-state index contributed by atoms with van der Waals surface area (Å²) < 4.78 is 1.64. The molecule has 0 N–H and O–H groups in total. The van der Waals surface area contributed by atoms with Crippen LogP contribution < -0.4 is 0 Å². The van der Waals surface area contributed by atoms with E-state index in [1.54, 1.807) is 34.3 Å². The van der Waals surface area contributed by atoms with Crippen molar-refractivity contribution in [2.75, 3.05) is 13.1 Å². The predicted octanol–water partition coefficient (Wildman–Crippen LogP) is -0.0518. The summed E-state index contributed by atoms with van der Waals surface area (Å²) in [6.07, 6.45) is 7.69. The Balaban J connectivity index is 1.60. The first-order valence-corrected chi connectivity index (χ1v) is 5.94. The molecule has 1 amide bonds. The summed E-state index contributed by atoms with van der Waals surface area (Å²) in [4.78, 5) is 15.6. The molecule has 1 aliphatic heterocycles. The quantitative estimate of drug-likeness (QED) is 0.761. The zero-order chi connectivity index (χ0) is 12.4. The van der Waals surface area contributed by atoms with Gasteiger partial charge in [-0.3, -0.25) is 9.48 Å². The first-order valence-electron chi connectivity index (χ1n) is 5.94. The lowest BCUT2D eigenvalue weighted by Gasteiger charge is -2.16. The first kappa shape index (κ1) is 10.9. The minimum atomic E-state index is 0.0911. The molecular formula is C11H14N6O. The summed E-state index contributed by atoms with van der Waals surface area (Å²) in [5.41, 5.74) is 0. The molecule has 0 radical (unpaired) electrons. The summed E-state index contributed by atoms with van der Waals surface area (Å²) in [5, 5.41) is 12.3. The Morgan fingerprint density at radius 3 is 2.78 bits per heavy atom. The van der Waals surface area contributed by atoms with Crippen LogP contribution in [0.2, 0.25) is 0 Å². The van der Waals surface area contributed by atoms with Crippen LogP contribution >= 0.6 is 0 Å². The van der Waals surface area contributed by atoms with Crippen molar-refractivity contribution in [3.05, 3.63) is 30.9 Å². The van der Waals surface area contributed by atoms with E-state index >= 15 is 0 Å². The number of carbonyl (C=O) groups is 1. The van der Waals surface area contributed by atoms with E-state index in [4.69, 9.17) is 0 Å². The van der Waals surface area contributed by atoms with Crippen molar-refractivity contribution in [3.63, 3.8) is 0 Å². The second-order valence-corrected chi connectivity index (χ2v) is 4.34. The fourth-order valence-electron chi connectivity index (χ4n) is 2.20. The molecule has 1 unspecified atom stereocenters. The molecule has 94 valence electrons. The second kappa shape index (κ2) is 4.59. The van der Waals surface area contributed by atoms with Gasteiger partial charge >= 0.3 is 0 Å². The maximum Gasteiger partial charge on any atom is 0.244 e. The molecule has 2 aromatic heterocycles. The third-order valence-corrected chi connectivity index (χ3v) is 3.14. The minimum Gasteiger partial charge on any atom is -0.339 e. The van der Waals surface area contributed by atoms with Gasteiger partial charge in [0, 0.05) is 25.5 Å². The van der Waals surface area contributed by atoms with Gasteiger partial charge < -0.3 is 4.90 Å². The smallest absolute Gasteiger partial charge is 0.244 e. The Morgan fingerprint density at radius 1 is 1.22 bits per heavy atom. The van der Waals surface area contributed by atoms with Crippen LogP contribution in [0.15, 0.2) is 30.9 Å². The summed E-state index contributed by atoms with van der Waals surface area (Å²) in [7, 11) is 0. The number of nitrogens with zero attached hydrogens (tertiary/aromatic N) is 6. The van der Waals surface area contributed by atoms with E-state index in [2.05, 4.69) is 15.3 Å². The van der Waals surface area contributed by atoms with Gasteiger partial charge in [-0.1, -0.05) is 0 Å². The lowest BCUT2D eigenvalue weighted by molar-refractivity contribution is -0.131. The molecular weight excluding hydrogens is 232 g/mol. The molecule has 0 bridgehead atoms. The summed E-state index contributed by atoms with van der Waals surface area (Å²) >= 11 is 0. The topological polar surface area (TPSA) is 68.8 Å². The molecule has 1 fully saturated rings. The fraction of sp³-hybridized carbons (Fsp3) is 0.455. The molecule has 3 heterocycles. The maximum atomic E-state index is 12.0. The van der Waals surface area contributed by atoms with Crippen molar-refractivity contribution in [2.24, 2.45) is 0 Å². The monoisotopic (exact) mass is 246 g/mol. The molecule has 1 aliphatic rings. The van der Waals surface area contributed by atoms with Gasteiger partial charge in [-0.25, -0.2) is 0 Å². The highest BCUT2D eigenvalue weighted by Crippen LogP contribution is 2.19. The lowest BCUT2D eigenvalue weighted by Crippen LogP contribution is -2.32. The SMILES string of the molecule is O=C(Cn1cccn1)N1CCC(n2nccn2)C1. The highest BCUT2D eigenvalue weighted by molar-refractivity contribution is 5.76. The van der Waals surface area contributed by atoms with Crippen LogP contribution in [0, 0.1) is 0 Å². The van der Waals surface area contributed by atoms with E-state index < -0.39 is 0 Å².